The maximum atomic E-state index is 11.4. The molecule has 0 spiro atoms. The van der Waals surface area contributed by atoms with E-state index in [2.05, 4.69) is 10.6 Å². The SMILES string of the molecule is CCOCCNCC(=O)NCc1ccccc1. The van der Waals surface area contributed by atoms with Gasteiger partial charge in [-0.3, -0.25) is 4.79 Å². The van der Waals surface area contributed by atoms with Gasteiger partial charge >= 0.3 is 0 Å². The van der Waals surface area contributed by atoms with E-state index in [-0.39, 0.29) is 5.91 Å². The first-order valence-corrected chi connectivity index (χ1v) is 5.92. The van der Waals surface area contributed by atoms with Crippen molar-refractivity contribution >= 4 is 5.91 Å². The van der Waals surface area contributed by atoms with E-state index in [1.54, 1.807) is 0 Å². The van der Waals surface area contributed by atoms with Crippen molar-refractivity contribution < 1.29 is 9.53 Å². The van der Waals surface area contributed by atoms with Crippen LogP contribution in [0.15, 0.2) is 30.3 Å². The number of carbonyl (C=O) groups excluding carboxylic acids is 1. The van der Waals surface area contributed by atoms with Gasteiger partial charge in [-0.1, -0.05) is 30.3 Å². The number of hydrogen-bond donors (Lipinski definition) is 2. The topological polar surface area (TPSA) is 50.4 Å². The van der Waals surface area contributed by atoms with Crippen molar-refractivity contribution in [2.24, 2.45) is 0 Å². The molecule has 17 heavy (non-hydrogen) atoms. The molecule has 0 saturated heterocycles. The van der Waals surface area contributed by atoms with Crippen LogP contribution in [-0.2, 0) is 16.1 Å². The Kier molecular flexibility index (Phi) is 7.02. The van der Waals surface area contributed by atoms with Crippen molar-refractivity contribution in [2.75, 3.05) is 26.3 Å². The second-order valence-electron chi connectivity index (χ2n) is 3.64. The van der Waals surface area contributed by atoms with E-state index in [9.17, 15) is 4.79 Å². The fraction of sp³-hybridized carbons (Fsp3) is 0.462. The normalized spacial score (nSPS) is 10.2. The Morgan fingerprint density at radius 1 is 1.29 bits per heavy atom. The predicted octanol–water partition coefficient (Wildman–Crippen LogP) is 0.929. The number of amides is 1. The quantitative estimate of drug-likeness (QED) is 0.660. The Bertz CT molecular complexity index is 314. The summed E-state index contributed by atoms with van der Waals surface area (Å²) in [5.74, 6) is 0.00496. The van der Waals surface area contributed by atoms with Crippen LogP contribution in [0.1, 0.15) is 12.5 Å². The van der Waals surface area contributed by atoms with Crippen LogP contribution < -0.4 is 10.6 Å². The van der Waals surface area contributed by atoms with Gasteiger partial charge in [0.15, 0.2) is 0 Å². The van der Waals surface area contributed by atoms with E-state index < -0.39 is 0 Å². The highest BCUT2D eigenvalue weighted by Crippen LogP contribution is 1.96. The molecule has 2 N–H and O–H groups in total. The smallest absolute Gasteiger partial charge is 0.234 e. The van der Waals surface area contributed by atoms with Gasteiger partial charge in [0.05, 0.1) is 13.2 Å². The molecule has 0 bridgehead atoms. The van der Waals surface area contributed by atoms with E-state index in [4.69, 9.17) is 4.74 Å². The lowest BCUT2D eigenvalue weighted by Gasteiger charge is -2.06. The van der Waals surface area contributed by atoms with Crippen molar-refractivity contribution in [3.05, 3.63) is 35.9 Å². The van der Waals surface area contributed by atoms with Gasteiger partial charge in [-0.25, -0.2) is 0 Å². The second kappa shape index (κ2) is 8.73. The first kappa shape index (κ1) is 13.7. The molecule has 94 valence electrons. The molecule has 1 amide bonds. The number of nitrogens with one attached hydrogen (secondary N) is 2. The van der Waals surface area contributed by atoms with E-state index in [1.807, 2.05) is 37.3 Å². The monoisotopic (exact) mass is 236 g/mol. The molecule has 0 aliphatic heterocycles. The fourth-order valence-electron chi connectivity index (χ4n) is 1.35. The molecule has 0 fully saturated rings. The number of ether oxygens (including phenoxy) is 1. The molecular weight excluding hydrogens is 216 g/mol. The van der Waals surface area contributed by atoms with E-state index in [1.165, 1.54) is 0 Å². The van der Waals surface area contributed by atoms with Crippen LogP contribution in [0.3, 0.4) is 0 Å². The predicted molar refractivity (Wildman–Crippen MR) is 67.7 cm³/mol. The van der Waals surface area contributed by atoms with Crippen molar-refractivity contribution in [3.8, 4) is 0 Å². The van der Waals surface area contributed by atoms with Crippen LogP contribution >= 0.6 is 0 Å². The van der Waals surface area contributed by atoms with E-state index >= 15 is 0 Å². The standard InChI is InChI=1S/C13H20N2O2/c1-2-17-9-8-14-11-13(16)15-10-12-6-4-3-5-7-12/h3-7,14H,2,8-11H2,1H3,(H,15,16). The molecular formula is C13H20N2O2. The number of hydrogen-bond acceptors (Lipinski definition) is 3. The maximum Gasteiger partial charge on any atom is 0.234 e. The van der Waals surface area contributed by atoms with Crippen LogP contribution in [0.2, 0.25) is 0 Å². The van der Waals surface area contributed by atoms with Crippen LogP contribution in [0.5, 0.6) is 0 Å². The molecule has 1 rings (SSSR count). The average Bonchev–Trinajstić information content (AvgIpc) is 2.37. The average molecular weight is 236 g/mol. The minimum absolute atomic E-state index is 0.00496. The van der Waals surface area contributed by atoms with Crippen LogP contribution in [0.4, 0.5) is 0 Å². The Labute approximate surface area is 102 Å². The summed E-state index contributed by atoms with van der Waals surface area (Å²) < 4.78 is 5.15. The summed E-state index contributed by atoms with van der Waals surface area (Å²) in [5, 5.41) is 5.87. The summed E-state index contributed by atoms with van der Waals surface area (Å²) in [6.45, 7) is 4.91. The van der Waals surface area contributed by atoms with Gasteiger partial charge in [-0.2, -0.15) is 0 Å². The molecule has 0 aliphatic rings. The number of carbonyl (C=O) groups is 1. The third kappa shape index (κ3) is 6.71. The third-order valence-corrected chi connectivity index (χ3v) is 2.25. The maximum absolute atomic E-state index is 11.4. The van der Waals surface area contributed by atoms with Crippen LogP contribution in [-0.4, -0.2) is 32.2 Å². The highest BCUT2D eigenvalue weighted by Gasteiger charge is 1.99. The zero-order valence-corrected chi connectivity index (χ0v) is 10.2. The zero-order valence-electron chi connectivity index (χ0n) is 10.2. The van der Waals surface area contributed by atoms with Gasteiger partial charge in [0, 0.05) is 19.7 Å². The number of rotatable bonds is 8. The van der Waals surface area contributed by atoms with E-state index in [0.717, 1.165) is 5.56 Å². The Morgan fingerprint density at radius 3 is 2.76 bits per heavy atom. The van der Waals surface area contributed by atoms with Gasteiger partial charge in [-0.15, -0.1) is 0 Å². The molecule has 1 aromatic carbocycles. The van der Waals surface area contributed by atoms with Crippen LogP contribution in [0, 0.1) is 0 Å². The Hall–Kier alpha value is -1.39. The van der Waals surface area contributed by atoms with Crippen LogP contribution in [0.25, 0.3) is 0 Å². The van der Waals surface area contributed by atoms with Crippen molar-refractivity contribution in [1.82, 2.24) is 10.6 Å². The fourth-order valence-corrected chi connectivity index (χ4v) is 1.35. The molecule has 0 atom stereocenters. The van der Waals surface area contributed by atoms with Gasteiger partial charge in [0.1, 0.15) is 0 Å². The molecule has 0 radical (unpaired) electrons. The first-order chi connectivity index (χ1) is 8.33. The first-order valence-electron chi connectivity index (χ1n) is 5.92. The highest BCUT2D eigenvalue weighted by atomic mass is 16.5. The lowest BCUT2D eigenvalue weighted by Crippen LogP contribution is -2.34. The van der Waals surface area contributed by atoms with Gasteiger partial charge < -0.3 is 15.4 Å². The summed E-state index contributed by atoms with van der Waals surface area (Å²) in [7, 11) is 0. The molecule has 1 aromatic rings. The second-order valence-corrected chi connectivity index (χ2v) is 3.64. The molecule has 0 aliphatic carbocycles. The highest BCUT2D eigenvalue weighted by molar-refractivity contribution is 5.77. The summed E-state index contributed by atoms with van der Waals surface area (Å²) in [5.41, 5.74) is 1.11. The summed E-state index contributed by atoms with van der Waals surface area (Å²) in [4.78, 5) is 11.4. The summed E-state index contributed by atoms with van der Waals surface area (Å²) >= 11 is 0. The van der Waals surface area contributed by atoms with Gasteiger partial charge in [0.25, 0.3) is 0 Å². The van der Waals surface area contributed by atoms with Crippen molar-refractivity contribution in [3.63, 3.8) is 0 Å². The molecule has 0 saturated carbocycles. The largest absolute Gasteiger partial charge is 0.380 e. The zero-order chi connectivity index (χ0) is 12.3. The van der Waals surface area contributed by atoms with Crippen molar-refractivity contribution in [1.29, 1.82) is 0 Å². The molecule has 4 nitrogen and oxygen atoms in total. The molecule has 0 heterocycles. The Balaban J connectivity index is 2.05. The summed E-state index contributed by atoms with van der Waals surface area (Å²) in [6, 6.07) is 9.86. The summed E-state index contributed by atoms with van der Waals surface area (Å²) in [6.07, 6.45) is 0. The molecule has 0 unspecified atom stereocenters. The molecule has 4 heteroatoms. The Morgan fingerprint density at radius 2 is 2.06 bits per heavy atom. The lowest BCUT2D eigenvalue weighted by atomic mass is 10.2. The number of benzene rings is 1. The van der Waals surface area contributed by atoms with E-state index in [0.29, 0.717) is 32.8 Å². The molecule has 0 aromatic heterocycles. The lowest BCUT2D eigenvalue weighted by molar-refractivity contribution is -0.120. The minimum atomic E-state index is 0.00496. The van der Waals surface area contributed by atoms with Crippen molar-refractivity contribution in [2.45, 2.75) is 13.5 Å². The van der Waals surface area contributed by atoms with Gasteiger partial charge in [-0.05, 0) is 12.5 Å². The minimum Gasteiger partial charge on any atom is -0.380 e. The third-order valence-electron chi connectivity index (χ3n) is 2.25. The van der Waals surface area contributed by atoms with Gasteiger partial charge in [0.2, 0.25) is 5.91 Å².